The molecule has 10 nitrogen and oxygen atoms in total. The molecular formula is C30H36F3N5O5S. The van der Waals surface area contributed by atoms with Gasteiger partial charge in [-0.3, -0.25) is 4.79 Å². The lowest BCUT2D eigenvalue weighted by atomic mass is 10.0. The molecule has 0 spiro atoms. The first-order valence-corrected chi connectivity index (χ1v) is 15.8. The van der Waals surface area contributed by atoms with Crippen molar-refractivity contribution >= 4 is 21.7 Å². The lowest BCUT2D eigenvalue weighted by Crippen LogP contribution is -2.46. The summed E-state index contributed by atoms with van der Waals surface area (Å²) in [6, 6.07) is 8.75. The maximum Gasteiger partial charge on any atom is 0.417 e. The Hall–Kier alpha value is -3.62. The van der Waals surface area contributed by atoms with Gasteiger partial charge in [-0.25, -0.2) is 13.4 Å². The molecule has 0 saturated carbocycles. The second-order valence-corrected chi connectivity index (χ2v) is 12.9. The van der Waals surface area contributed by atoms with Crippen LogP contribution in [0.1, 0.15) is 41.3 Å². The molecule has 2 aliphatic heterocycles. The number of amides is 1. The predicted octanol–water partition coefficient (Wildman–Crippen LogP) is 4.07. The minimum Gasteiger partial charge on any atom is -0.497 e. The van der Waals surface area contributed by atoms with Gasteiger partial charge in [0, 0.05) is 50.3 Å². The van der Waals surface area contributed by atoms with Gasteiger partial charge in [-0.15, -0.1) is 0 Å². The normalized spacial score (nSPS) is 18.2. The summed E-state index contributed by atoms with van der Waals surface area (Å²) in [6.07, 6.45) is -0.521. The average Bonchev–Trinajstić information content (AvgIpc) is 3.46. The van der Waals surface area contributed by atoms with Gasteiger partial charge in [-0.05, 0) is 74.2 Å². The number of anilines is 1. The summed E-state index contributed by atoms with van der Waals surface area (Å²) in [5.41, 5.74) is 1.16. The van der Waals surface area contributed by atoms with Crippen LogP contribution in [0.25, 0.3) is 0 Å². The van der Waals surface area contributed by atoms with E-state index >= 15 is 0 Å². The van der Waals surface area contributed by atoms with Crippen LogP contribution in [0.15, 0.2) is 53.7 Å². The zero-order valence-corrected chi connectivity index (χ0v) is 25.6. The predicted molar refractivity (Wildman–Crippen MR) is 157 cm³/mol. The van der Waals surface area contributed by atoms with Gasteiger partial charge in [0.05, 0.1) is 30.2 Å². The Balaban J connectivity index is 1.18. The van der Waals surface area contributed by atoms with Gasteiger partial charge in [0.1, 0.15) is 18.2 Å². The zero-order chi connectivity index (χ0) is 31.6. The number of rotatable bonds is 9. The number of aryl methyl sites for hydroxylation is 2. The molecule has 1 aromatic carbocycles. The summed E-state index contributed by atoms with van der Waals surface area (Å²) in [5, 5.41) is 2.96. The molecule has 0 aliphatic carbocycles. The summed E-state index contributed by atoms with van der Waals surface area (Å²) in [6.45, 7) is 5.04. The number of pyridine rings is 1. The van der Waals surface area contributed by atoms with Crippen LogP contribution in [-0.2, 0) is 32.3 Å². The lowest BCUT2D eigenvalue weighted by Gasteiger charge is -2.36. The van der Waals surface area contributed by atoms with Crippen molar-refractivity contribution in [2.75, 3.05) is 44.9 Å². The van der Waals surface area contributed by atoms with Crippen LogP contribution in [0.5, 0.6) is 5.75 Å². The molecule has 2 aliphatic rings. The van der Waals surface area contributed by atoms with E-state index in [0.717, 1.165) is 18.0 Å². The number of carbonyl (C=O) groups excluding carboxylic acids is 1. The molecule has 5 rings (SSSR count). The van der Waals surface area contributed by atoms with Crippen molar-refractivity contribution in [1.29, 1.82) is 0 Å². The Kier molecular flexibility index (Phi) is 9.23. The smallest absolute Gasteiger partial charge is 0.417 e. The van der Waals surface area contributed by atoms with E-state index in [4.69, 9.17) is 9.47 Å². The van der Waals surface area contributed by atoms with E-state index < -0.39 is 27.8 Å². The van der Waals surface area contributed by atoms with Crippen molar-refractivity contribution in [1.82, 2.24) is 19.2 Å². The summed E-state index contributed by atoms with van der Waals surface area (Å²) in [4.78, 5) is 18.8. The minimum atomic E-state index is -4.44. The van der Waals surface area contributed by atoms with E-state index in [1.54, 1.807) is 26.0 Å². The number of aromatic nitrogens is 2. The molecule has 14 heteroatoms. The molecule has 44 heavy (non-hydrogen) atoms. The van der Waals surface area contributed by atoms with Crippen molar-refractivity contribution in [3.63, 3.8) is 0 Å². The molecule has 4 heterocycles. The number of nitrogens with zero attached hydrogens (tertiary/aromatic N) is 4. The van der Waals surface area contributed by atoms with Crippen molar-refractivity contribution in [2.24, 2.45) is 0 Å². The molecule has 2 aromatic heterocycles. The highest BCUT2D eigenvalue weighted by molar-refractivity contribution is 7.89. The first-order chi connectivity index (χ1) is 20.9. The van der Waals surface area contributed by atoms with Crippen LogP contribution in [0.3, 0.4) is 0 Å². The standard InChI is InChI=1S/C30H36F3N5O5S/c1-20-15-24(42-3)16-21(2)29(20)44(40,41)38-14-13-36-10-4-5-25(36)26(38)18-43-19-28(39)35-23-8-11-37(12-9-23)27-7-6-22(17-34-27)30(31,32)33/h4-7,10,15-17,23,26H,8-9,11-14,18-19H2,1-3H3,(H,35,39). The van der Waals surface area contributed by atoms with E-state index in [1.807, 2.05) is 27.8 Å². The molecule has 1 saturated heterocycles. The topological polar surface area (TPSA) is 106 Å². The molecule has 1 fully saturated rings. The highest BCUT2D eigenvalue weighted by atomic mass is 32.2. The number of carbonyl (C=O) groups is 1. The highest BCUT2D eigenvalue weighted by Gasteiger charge is 2.38. The number of methoxy groups -OCH3 is 1. The fraction of sp³-hybridized carbons (Fsp3) is 0.467. The Morgan fingerprint density at radius 2 is 1.77 bits per heavy atom. The molecular weight excluding hydrogens is 599 g/mol. The van der Waals surface area contributed by atoms with Gasteiger partial charge in [-0.1, -0.05) is 0 Å². The number of hydrogen-bond acceptors (Lipinski definition) is 7. The molecule has 1 amide bonds. The number of hydrogen-bond donors (Lipinski definition) is 1. The van der Waals surface area contributed by atoms with Gasteiger partial charge in [0.2, 0.25) is 15.9 Å². The summed E-state index contributed by atoms with van der Waals surface area (Å²) < 4.78 is 81.1. The van der Waals surface area contributed by atoms with Gasteiger partial charge in [0.25, 0.3) is 0 Å². The van der Waals surface area contributed by atoms with Gasteiger partial charge < -0.3 is 24.3 Å². The molecule has 3 aromatic rings. The van der Waals surface area contributed by atoms with Crippen LogP contribution in [0.2, 0.25) is 0 Å². The maximum absolute atomic E-state index is 14.0. The second kappa shape index (κ2) is 12.8. The molecule has 1 N–H and O–H groups in total. The third-order valence-corrected chi connectivity index (χ3v) is 10.3. The molecule has 1 atom stereocenters. The summed E-state index contributed by atoms with van der Waals surface area (Å²) >= 11 is 0. The number of nitrogens with one attached hydrogen (secondary N) is 1. The van der Waals surface area contributed by atoms with Crippen molar-refractivity contribution < 1.29 is 35.9 Å². The fourth-order valence-corrected chi connectivity index (χ4v) is 7.97. The Morgan fingerprint density at radius 3 is 2.39 bits per heavy atom. The molecule has 0 bridgehead atoms. The number of alkyl halides is 3. The lowest BCUT2D eigenvalue weighted by molar-refractivity contribution is -0.137. The SMILES string of the molecule is COc1cc(C)c(S(=O)(=O)N2CCn3cccc3C2COCC(=O)NC2CCN(c3ccc(C(F)(F)F)cn3)CC2)c(C)c1. The minimum absolute atomic E-state index is 0.0110. The summed E-state index contributed by atoms with van der Waals surface area (Å²) in [5.74, 6) is 0.723. The van der Waals surface area contributed by atoms with Crippen LogP contribution in [-0.4, -0.2) is 74.2 Å². The zero-order valence-electron chi connectivity index (χ0n) is 24.8. The van der Waals surface area contributed by atoms with Crippen LogP contribution in [0, 0.1) is 13.8 Å². The summed E-state index contributed by atoms with van der Waals surface area (Å²) in [7, 11) is -2.37. The van der Waals surface area contributed by atoms with Crippen molar-refractivity contribution in [2.45, 2.75) is 56.4 Å². The van der Waals surface area contributed by atoms with E-state index in [0.29, 0.717) is 55.2 Å². The molecule has 0 radical (unpaired) electrons. The number of sulfonamides is 1. The van der Waals surface area contributed by atoms with Crippen LogP contribution in [0.4, 0.5) is 19.0 Å². The number of benzene rings is 1. The van der Waals surface area contributed by atoms with Crippen molar-refractivity contribution in [3.05, 3.63) is 71.2 Å². The van der Waals surface area contributed by atoms with Gasteiger partial charge in [-0.2, -0.15) is 17.5 Å². The maximum atomic E-state index is 14.0. The second-order valence-electron chi connectivity index (χ2n) is 11.1. The average molecular weight is 636 g/mol. The largest absolute Gasteiger partial charge is 0.497 e. The number of fused-ring (bicyclic) bond motifs is 1. The molecule has 1 unspecified atom stereocenters. The number of halogens is 3. The van der Waals surface area contributed by atoms with Crippen LogP contribution < -0.4 is 15.0 Å². The highest BCUT2D eigenvalue weighted by Crippen LogP contribution is 2.35. The van der Waals surface area contributed by atoms with Gasteiger partial charge >= 0.3 is 6.18 Å². The third kappa shape index (κ3) is 6.71. The Morgan fingerprint density at radius 1 is 1.07 bits per heavy atom. The van der Waals surface area contributed by atoms with E-state index in [2.05, 4.69) is 10.3 Å². The number of piperidine rings is 1. The van der Waals surface area contributed by atoms with E-state index in [-0.39, 0.29) is 36.6 Å². The van der Waals surface area contributed by atoms with Crippen LogP contribution >= 0.6 is 0 Å². The number of ether oxygens (including phenoxy) is 2. The third-order valence-electron chi connectivity index (χ3n) is 8.12. The first kappa shape index (κ1) is 31.8. The van der Waals surface area contributed by atoms with E-state index in [1.165, 1.54) is 17.5 Å². The Bertz CT molecular complexity index is 1560. The first-order valence-electron chi connectivity index (χ1n) is 14.4. The van der Waals surface area contributed by atoms with Crippen molar-refractivity contribution in [3.8, 4) is 5.75 Å². The van der Waals surface area contributed by atoms with Gasteiger partial charge in [0.15, 0.2) is 0 Å². The van der Waals surface area contributed by atoms with E-state index in [9.17, 15) is 26.4 Å². The molecule has 238 valence electrons. The fourth-order valence-electron chi connectivity index (χ4n) is 5.98. The quantitative estimate of drug-likeness (QED) is 0.378. The Labute approximate surface area is 254 Å². The monoisotopic (exact) mass is 635 g/mol.